The monoisotopic (exact) mass is 319 g/mol. The van der Waals surface area contributed by atoms with Gasteiger partial charge in [0, 0.05) is 38.8 Å². The number of rotatable bonds is 6. The van der Waals surface area contributed by atoms with Crippen molar-refractivity contribution in [2.24, 2.45) is 5.92 Å². The average Bonchev–Trinajstić information content (AvgIpc) is 2.55. The number of aliphatic hydroxyl groups excluding tert-OH is 1. The smallest absolute Gasteiger partial charge is 0.317 e. The second kappa shape index (κ2) is 8.89. The first-order valence-electron chi connectivity index (χ1n) is 8.47. The van der Waals surface area contributed by atoms with Crippen LogP contribution in [0.1, 0.15) is 25.3 Å². The number of hydrogen-bond donors (Lipinski definition) is 2. The molecular formula is C18H29N3O2. The summed E-state index contributed by atoms with van der Waals surface area (Å²) in [7, 11) is 2.07. The number of nitrogens with one attached hydrogen (secondary N) is 1. The second-order valence-corrected chi connectivity index (χ2v) is 6.67. The third-order valence-electron chi connectivity index (χ3n) is 4.32. The molecule has 2 amide bonds. The lowest BCUT2D eigenvalue weighted by Gasteiger charge is -2.33. The van der Waals surface area contributed by atoms with Crippen LogP contribution in [0, 0.1) is 5.92 Å². The highest BCUT2D eigenvalue weighted by atomic mass is 16.3. The second-order valence-electron chi connectivity index (χ2n) is 6.67. The number of amides is 2. The topological polar surface area (TPSA) is 55.8 Å². The van der Waals surface area contributed by atoms with Gasteiger partial charge in [-0.15, -0.1) is 0 Å². The number of likely N-dealkylation sites (N-methyl/N-ethyl adjacent to an activating group) is 1. The van der Waals surface area contributed by atoms with Crippen molar-refractivity contribution in [2.75, 3.05) is 33.3 Å². The number of urea groups is 1. The van der Waals surface area contributed by atoms with E-state index < -0.39 is 0 Å². The Labute approximate surface area is 139 Å². The quantitative estimate of drug-likeness (QED) is 0.842. The van der Waals surface area contributed by atoms with Crippen molar-refractivity contribution < 1.29 is 9.90 Å². The summed E-state index contributed by atoms with van der Waals surface area (Å²) in [6.45, 7) is 5.32. The minimum atomic E-state index is -0.0104. The van der Waals surface area contributed by atoms with Crippen LogP contribution in [0.4, 0.5) is 4.79 Å². The highest BCUT2D eigenvalue weighted by Gasteiger charge is 2.24. The number of nitrogens with zero attached hydrogens (tertiary/aromatic N) is 2. The van der Waals surface area contributed by atoms with Gasteiger partial charge in [0.2, 0.25) is 0 Å². The van der Waals surface area contributed by atoms with Crippen LogP contribution in [0.15, 0.2) is 30.3 Å². The fourth-order valence-corrected chi connectivity index (χ4v) is 3.17. The zero-order valence-electron chi connectivity index (χ0n) is 14.2. The van der Waals surface area contributed by atoms with E-state index in [1.54, 1.807) is 0 Å². The number of carbonyl (C=O) groups is 1. The zero-order chi connectivity index (χ0) is 16.7. The molecule has 0 saturated carbocycles. The maximum Gasteiger partial charge on any atom is 0.317 e. The number of carbonyl (C=O) groups excluding carboxylic acids is 1. The van der Waals surface area contributed by atoms with Gasteiger partial charge < -0.3 is 20.2 Å². The Balaban J connectivity index is 1.75. The molecule has 5 heteroatoms. The lowest BCUT2D eigenvalue weighted by molar-refractivity contribution is 0.127. The summed E-state index contributed by atoms with van der Waals surface area (Å²) in [5.41, 5.74) is 1.27. The maximum absolute atomic E-state index is 12.3. The predicted octanol–water partition coefficient (Wildman–Crippen LogP) is 1.92. The molecule has 0 spiro atoms. The predicted molar refractivity (Wildman–Crippen MR) is 92.2 cm³/mol. The summed E-state index contributed by atoms with van der Waals surface area (Å²) in [6.07, 6.45) is 1.98. The summed E-state index contributed by atoms with van der Waals surface area (Å²) in [5.74, 6) is 0.227. The Morgan fingerprint density at radius 3 is 2.87 bits per heavy atom. The molecule has 1 heterocycles. The Morgan fingerprint density at radius 1 is 1.43 bits per heavy atom. The third-order valence-corrected chi connectivity index (χ3v) is 4.32. The Hall–Kier alpha value is -1.59. The van der Waals surface area contributed by atoms with Gasteiger partial charge in [-0.3, -0.25) is 0 Å². The van der Waals surface area contributed by atoms with Gasteiger partial charge in [-0.1, -0.05) is 30.3 Å². The molecule has 23 heavy (non-hydrogen) atoms. The molecule has 0 bridgehead atoms. The molecular weight excluding hydrogens is 290 g/mol. The number of benzene rings is 1. The standard InChI is InChI=1S/C18H29N3O2/c1-15(11-20(2)12-16-7-4-3-5-8-16)19-18(23)21-10-6-9-17(13-21)14-22/h3-5,7-8,15,17,22H,6,9-14H2,1-2H3,(H,19,23)/t15-,17-/m1/s1. The number of aliphatic hydroxyl groups is 1. The fourth-order valence-electron chi connectivity index (χ4n) is 3.17. The number of likely N-dealkylation sites (tertiary alicyclic amines) is 1. The molecule has 1 saturated heterocycles. The SMILES string of the molecule is C[C@H](CN(C)Cc1ccccc1)NC(=O)N1CCC[C@@H](CO)C1. The molecule has 5 nitrogen and oxygen atoms in total. The van der Waals surface area contributed by atoms with Crippen molar-refractivity contribution >= 4 is 6.03 Å². The lowest BCUT2D eigenvalue weighted by Crippen LogP contribution is -2.50. The van der Waals surface area contributed by atoms with Crippen molar-refractivity contribution in [3.63, 3.8) is 0 Å². The molecule has 128 valence electrons. The summed E-state index contributed by atoms with van der Waals surface area (Å²) < 4.78 is 0. The van der Waals surface area contributed by atoms with Crippen LogP contribution < -0.4 is 5.32 Å². The van der Waals surface area contributed by atoms with E-state index in [2.05, 4.69) is 29.4 Å². The highest BCUT2D eigenvalue weighted by molar-refractivity contribution is 5.74. The van der Waals surface area contributed by atoms with Gasteiger partial charge in [-0.2, -0.15) is 0 Å². The van der Waals surface area contributed by atoms with Crippen molar-refractivity contribution in [2.45, 2.75) is 32.4 Å². The van der Waals surface area contributed by atoms with Crippen LogP contribution >= 0.6 is 0 Å². The van der Waals surface area contributed by atoms with E-state index in [1.165, 1.54) is 5.56 Å². The van der Waals surface area contributed by atoms with Crippen molar-refractivity contribution in [3.8, 4) is 0 Å². The molecule has 1 aliphatic rings. The summed E-state index contributed by atoms with van der Waals surface area (Å²) >= 11 is 0. The minimum Gasteiger partial charge on any atom is -0.396 e. The van der Waals surface area contributed by atoms with Crippen LogP contribution in [-0.2, 0) is 6.54 Å². The first-order valence-corrected chi connectivity index (χ1v) is 8.47. The van der Waals surface area contributed by atoms with E-state index in [1.807, 2.05) is 30.0 Å². The van der Waals surface area contributed by atoms with Gasteiger partial charge in [-0.25, -0.2) is 4.79 Å². The Bertz CT molecular complexity index is 480. The van der Waals surface area contributed by atoms with Gasteiger partial charge in [-0.05, 0) is 38.3 Å². The highest BCUT2D eigenvalue weighted by Crippen LogP contribution is 2.15. The van der Waals surface area contributed by atoms with Crippen LogP contribution in [-0.4, -0.2) is 60.3 Å². The van der Waals surface area contributed by atoms with E-state index in [9.17, 15) is 9.90 Å². The van der Waals surface area contributed by atoms with Gasteiger partial charge in [0.05, 0.1) is 0 Å². The maximum atomic E-state index is 12.3. The van der Waals surface area contributed by atoms with Crippen molar-refractivity contribution in [3.05, 3.63) is 35.9 Å². The number of hydrogen-bond acceptors (Lipinski definition) is 3. The van der Waals surface area contributed by atoms with Crippen LogP contribution in [0.25, 0.3) is 0 Å². The molecule has 1 fully saturated rings. The van der Waals surface area contributed by atoms with E-state index in [0.717, 1.165) is 32.5 Å². The van der Waals surface area contributed by atoms with E-state index in [0.29, 0.717) is 6.54 Å². The van der Waals surface area contributed by atoms with Gasteiger partial charge in [0.1, 0.15) is 0 Å². The normalized spacial score (nSPS) is 19.7. The van der Waals surface area contributed by atoms with Gasteiger partial charge in [0.15, 0.2) is 0 Å². The molecule has 0 aromatic heterocycles. The molecule has 2 N–H and O–H groups in total. The van der Waals surface area contributed by atoms with Gasteiger partial charge in [0.25, 0.3) is 0 Å². The Morgan fingerprint density at radius 2 is 2.17 bits per heavy atom. The molecule has 2 atom stereocenters. The minimum absolute atomic E-state index is 0.0104. The fraction of sp³-hybridized carbons (Fsp3) is 0.611. The first kappa shape index (κ1) is 17.8. The molecule has 2 rings (SSSR count). The summed E-state index contributed by atoms with van der Waals surface area (Å²) in [5, 5.41) is 12.3. The summed E-state index contributed by atoms with van der Waals surface area (Å²) in [4.78, 5) is 16.4. The van der Waals surface area contributed by atoms with E-state index >= 15 is 0 Å². The van der Waals surface area contributed by atoms with Crippen molar-refractivity contribution in [1.29, 1.82) is 0 Å². The third kappa shape index (κ3) is 5.84. The van der Waals surface area contributed by atoms with E-state index in [4.69, 9.17) is 0 Å². The largest absolute Gasteiger partial charge is 0.396 e. The molecule has 0 unspecified atom stereocenters. The molecule has 1 aromatic rings. The van der Waals surface area contributed by atoms with E-state index in [-0.39, 0.29) is 24.6 Å². The summed E-state index contributed by atoms with van der Waals surface area (Å²) in [6, 6.07) is 10.4. The van der Waals surface area contributed by atoms with Crippen LogP contribution in [0.5, 0.6) is 0 Å². The zero-order valence-corrected chi connectivity index (χ0v) is 14.2. The molecule has 1 aromatic carbocycles. The van der Waals surface area contributed by atoms with Crippen molar-refractivity contribution in [1.82, 2.24) is 15.1 Å². The first-order chi connectivity index (χ1) is 11.1. The molecule has 0 aliphatic carbocycles. The van der Waals surface area contributed by atoms with Crippen LogP contribution in [0.3, 0.4) is 0 Å². The number of piperidine rings is 1. The average molecular weight is 319 g/mol. The van der Waals surface area contributed by atoms with Crippen LogP contribution in [0.2, 0.25) is 0 Å². The molecule has 0 radical (unpaired) electrons. The Kier molecular flexibility index (Phi) is 6.86. The lowest BCUT2D eigenvalue weighted by atomic mass is 9.99. The molecule has 1 aliphatic heterocycles. The van der Waals surface area contributed by atoms with Gasteiger partial charge >= 0.3 is 6.03 Å².